The molecule has 0 aliphatic carbocycles. The molecule has 1 atom stereocenters. The Morgan fingerprint density at radius 2 is 2.05 bits per heavy atom. The van der Waals surface area contributed by atoms with Gasteiger partial charge in [-0.15, -0.1) is 0 Å². The van der Waals surface area contributed by atoms with Crippen molar-refractivity contribution in [2.45, 2.75) is 26.2 Å². The maximum absolute atomic E-state index is 11.8. The van der Waals surface area contributed by atoms with Crippen molar-refractivity contribution >= 4 is 21.8 Å². The number of nitrogens with one attached hydrogen (secondary N) is 1. The number of carbonyl (C=O) groups excluding carboxylic acids is 1. The van der Waals surface area contributed by atoms with Crippen molar-refractivity contribution in [1.29, 1.82) is 0 Å². The molecule has 1 rings (SSSR count). The second-order valence-electron chi connectivity index (χ2n) is 4.58. The first-order valence-corrected chi connectivity index (χ1v) is 7.77. The maximum Gasteiger partial charge on any atom is 0.224 e. The highest BCUT2D eigenvalue weighted by molar-refractivity contribution is 9.09. The molecule has 0 aliphatic rings. The Kier molecular flexibility index (Phi) is 7.56. The van der Waals surface area contributed by atoms with E-state index in [0.29, 0.717) is 12.3 Å². The Bertz CT molecular complexity index is 378. The molecule has 0 spiro atoms. The molecular formula is C15H22BrNO2. The molecule has 1 aromatic rings. The summed E-state index contributed by atoms with van der Waals surface area (Å²) in [7, 11) is 1.64. The fourth-order valence-electron chi connectivity index (χ4n) is 1.85. The summed E-state index contributed by atoms with van der Waals surface area (Å²) in [5.41, 5.74) is 1.01. The van der Waals surface area contributed by atoms with Crippen molar-refractivity contribution < 1.29 is 9.53 Å². The Morgan fingerprint density at radius 1 is 1.37 bits per heavy atom. The lowest BCUT2D eigenvalue weighted by Gasteiger charge is -2.14. The molecule has 1 amide bonds. The Morgan fingerprint density at radius 3 is 2.58 bits per heavy atom. The summed E-state index contributed by atoms with van der Waals surface area (Å²) in [5.74, 6) is 1.45. The van der Waals surface area contributed by atoms with Gasteiger partial charge in [-0.25, -0.2) is 0 Å². The van der Waals surface area contributed by atoms with Gasteiger partial charge in [0.1, 0.15) is 5.75 Å². The summed E-state index contributed by atoms with van der Waals surface area (Å²) in [4.78, 5) is 11.8. The number of carbonyl (C=O) groups is 1. The Labute approximate surface area is 123 Å². The molecule has 19 heavy (non-hydrogen) atoms. The third kappa shape index (κ3) is 6.10. The molecule has 4 heteroatoms. The number of alkyl halides is 1. The second kappa shape index (κ2) is 8.97. The van der Waals surface area contributed by atoms with Crippen LogP contribution in [0.5, 0.6) is 5.75 Å². The van der Waals surface area contributed by atoms with E-state index in [0.717, 1.165) is 36.0 Å². The van der Waals surface area contributed by atoms with Crippen LogP contribution >= 0.6 is 15.9 Å². The number of hydrogen-bond donors (Lipinski definition) is 1. The molecule has 1 aromatic carbocycles. The highest BCUT2D eigenvalue weighted by Crippen LogP contribution is 2.12. The number of rotatable bonds is 8. The van der Waals surface area contributed by atoms with E-state index in [4.69, 9.17) is 4.74 Å². The van der Waals surface area contributed by atoms with E-state index in [-0.39, 0.29) is 5.91 Å². The van der Waals surface area contributed by atoms with Crippen molar-refractivity contribution in [2.24, 2.45) is 5.92 Å². The molecule has 0 aliphatic heterocycles. The molecule has 0 saturated carbocycles. The number of hydrogen-bond acceptors (Lipinski definition) is 2. The van der Waals surface area contributed by atoms with Gasteiger partial charge in [-0.2, -0.15) is 0 Å². The third-order valence-electron chi connectivity index (χ3n) is 3.21. The van der Waals surface area contributed by atoms with E-state index >= 15 is 0 Å². The Balaban J connectivity index is 2.37. The lowest BCUT2D eigenvalue weighted by molar-refractivity contribution is -0.120. The molecule has 0 radical (unpaired) electrons. The molecule has 0 saturated heterocycles. The lowest BCUT2D eigenvalue weighted by atomic mass is 10.0. The average Bonchev–Trinajstić information content (AvgIpc) is 2.44. The zero-order valence-corrected chi connectivity index (χ0v) is 13.2. The Hall–Kier alpha value is -1.03. The zero-order chi connectivity index (χ0) is 14.1. The van der Waals surface area contributed by atoms with Gasteiger partial charge in [0.05, 0.1) is 13.5 Å². The van der Waals surface area contributed by atoms with Crippen LogP contribution in [-0.2, 0) is 11.2 Å². The predicted octanol–water partition coefficient (Wildman–Crippen LogP) is 3.17. The molecule has 0 bridgehead atoms. The quantitative estimate of drug-likeness (QED) is 0.745. The fourth-order valence-corrected chi connectivity index (χ4v) is 2.50. The largest absolute Gasteiger partial charge is 0.497 e. The van der Waals surface area contributed by atoms with Gasteiger partial charge in [0.2, 0.25) is 5.91 Å². The first kappa shape index (κ1) is 16.0. The SMILES string of the molecule is CCC(CCBr)CNC(=O)Cc1ccc(OC)cc1. The van der Waals surface area contributed by atoms with E-state index in [1.54, 1.807) is 7.11 Å². The van der Waals surface area contributed by atoms with E-state index in [1.807, 2.05) is 24.3 Å². The van der Waals surface area contributed by atoms with E-state index in [1.165, 1.54) is 0 Å². The maximum atomic E-state index is 11.8. The van der Waals surface area contributed by atoms with Crippen molar-refractivity contribution in [1.82, 2.24) is 5.32 Å². The molecule has 106 valence electrons. The number of ether oxygens (including phenoxy) is 1. The molecule has 1 N–H and O–H groups in total. The van der Waals surface area contributed by atoms with Crippen LogP contribution in [0, 0.1) is 5.92 Å². The first-order chi connectivity index (χ1) is 9.19. The summed E-state index contributed by atoms with van der Waals surface area (Å²) < 4.78 is 5.09. The third-order valence-corrected chi connectivity index (χ3v) is 3.66. The van der Waals surface area contributed by atoms with Crippen LogP contribution < -0.4 is 10.1 Å². The number of halogens is 1. The fraction of sp³-hybridized carbons (Fsp3) is 0.533. The van der Waals surface area contributed by atoms with E-state index in [9.17, 15) is 4.79 Å². The average molecular weight is 328 g/mol. The molecule has 0 heterocycles. The van der Waals surface area contributed by atoms with Crippen molar-refractivity contribution in [3.63, 3.8) is 0 Å². The minimum absolute atomic E-state index is 0.0817. The molecule has 1 unspecified atom stereocenters. The summed E-state index contributed by atoms with van der Waals surface area (Å²) in [6.07, 6.45) is 2.61. The number of amides is 1. The highest BCUT2D eigenvalue weighted by Gasteiger charge is 2.08. The predicted molar refractivity (Wildman–Crippen MR) is 81.9 cm³/mol. The topological polar surface area (TPSA) is 38.3 Å². The van der Waals surface area contributed by atoms with Crippen molar-refractivity contribution in [3.8, 4) is 5.75 Å². The van der Waals surface area contributed by atoms with Crippen LogP contribution in [0.3, 0.4) is 0 Å². The summed E-state index contributed by atoms with van der Waals surface area (Å²) in [6.45, 7) is 2.92. The van der Waals surface area contributed by atoms with Crippen molar-refractivity contribution in [3.05, 3.63) is 29.8 Å². The van der Waals surface area contributed by atoms with Crippen LogP contribution in [0.25, 0.3) is 0 Å². The van der Waals surface area contributed by atoms with Gasteiger partial charge >= 0.3 is 0 Å². The van der Waals surface area contributed by atoms with E-state index in [2.05, 4.69) is 28.2 Å². The van der Waals surface area contributed by atoms with Crippen LogP contribution in [0.4, 0.5) is 0 Å². The molecule has 0 aromatic heterocycles. The van der Waals surface area contributed by atoms with Gasteiger partial charge in [0, 0.05) is 11.9 Å². The minimum atomic E-state index is 0.0817. The van der Waals surface area contributed by atoms with Gasteiger partial charge in [-0.1, -0.05) is 41.4 Å². The first-order valence-electron chi connectivity index (χ1n) is 6.65. The molecule has 0 fully saturated rings. The van der Waals surface area contributed by atoms with Gasteiger partial charge in [-0.05, 0) is 30.0 Å². The molecular weight excluding hydrogens is 306 g/mol. The van der Waals surface area contributed by atoms with Crippen LogP contribution in [-0.4, -0.2) is 24.9 Å². The van der Waals surface area contributed by atoms with Crippen molar-refractivity contribution in [2.75, 3.05) is 19.0 Å². The van der Waals surface area contributed by atoms with Gasteiger partial charge in [0.15, 0.2) is 0 Å². The van der Waals surface area contributed by atoms with Crippen LogP contribution in [0.1, 0.15) is 25.3 Å². The highest BCUT2D eigenvalue weighted by atomic mass is 79.9. The summed E-state index contributed by atoms with van der Waals surface area (Å²) >= 11 is 3.44. The van der Waals surface area contributed by atoms with Crippen LogP contribution in [0.2, 0.25) is 0 Å². The second-order valence-corrected chi connectivity index (χ2v) is 5.37. The summed E-state index contributed by atoms with van der Waals surface area (Å²) in [6, 6.07) is 7.60. The normalized spacial score (nSPS) is 11.9. The number of benzene rings is 1. The van der Waals surface area contributed by atoms with E-state index < -0.39 is 0 Å². The van der Waals surface area contributed by atoms with Crippen LogP contribution in [0.15, 0.2) is 24.3 Å². The molecule has 3 nitrogen and oxygen atoms in total. The standard InChI is InChI=1S/C15H22BrNO2/c1-3-12(8-9-16)11-17-15(18)10-13-4-6-14(19-2)7-5-13/h4-7,12H,3,8-11H2,1-2H3,(H,17,18). The number of methoxy groups -OCH3 is 1. The monoisotopic (exact) mass is 327 g/mol. The van der Waals surface area contributed by atoms with Gasteiger partial charge in [0.25, 0.3) is 0 Å². The summed E-state index contributed by atoms with van der Waals surface area (Å²) in [5, 5.41) is 3.99. The van der Waals surface area contributed by atoms with Gasteiger partial charge < -0.3 is 10.1 Å². The van der Waals surface area contributed by atoms with Gasteiger partial charge in [-0.3, -0.25) is 4.79 Å². The smallest absolute Gasteiger partial charge is 0.224 e. The zero-order valence-electron chi connectivity index (χ0n) is 11.6. The minimum Gasteiger partial charge on any atom is -0.497 e. The lowest BCUT2D eigenvalue weighted by Crippen LogP contribution is -2.30.